The van der Waals surface area contributed by atoms with Gasteiger partial charge < -0.3 is 29.6 Å². The van der Waals surface area contributed by atoms with Crippen LogP contribution in [0.2, 0.25) is 0 Å². The Balaban J connectivity index is 0.000000192. The second kappa shape index (κ2) is 11.3. The molecule has 11 heteroatoms. The quantitative estimate of drug-likeness (QED) is 0.458. The molecular formula is C20H25B2ClN2O6. The van der Waals surface area contributed by atoms with Gasteiger partial charge in [-0.2, -0.15) is 0 Å². The molecule has 3 N–H and O–H groups in total. The molecule has 31 heavy (non-hydrogen) atoms. The maximum atomic E-state index is 11.2. The number of nitrogens with zero attached hydrogens (tertiary/aromatic N) is 1. The number of benzene rings is 2. The minimum atomic E-state index is -0.861. The Labute approximate surface area is 187 Å². The van der Waals surface area contributed by atoms with Gasteiger partial charge in [-0.1, -0.05) is 12.1 Å². The highest BCUT2D eigenvalue weighted by Gasteiger charge is 2.28. The number of hydrogen-bond acceptors (Lipinski definition) is 7. The fraction of sp³-hybridized carbons (Fsp3) is 0.300. The second-order valence-electron chi connectivity index (χ2n) is 6.92. The second-order valence-corrected chi connectivity index (χ2v) is 7.45. The van der Waals surface area contributed by atoms with E-state index in [1.165, 1.54) is 18.7 Å². The normalized spacial score (nSPS) is 13.3. The SMILES string of the molecule is CC(=O)Cl.CC(=O)N(C)c1ccc2c(c1)B(O)OC2.CNc1ccc2c(c1)B(O)OC2. The fourth-order valence-corrected chi connectivity index (χ4v) is 2.96. The summed E-state index contributed by atoms with van der Waals surface area (Å²) in [6.45, 7) is 3.74. The molecule has 0 aliphatic carbocycles. The monoisotopic (exact) mass is 446 g/mol. The van der Waals surface area contributed by atoms with Gasteiger partial charge in [0.2, 0.25) is 11.1 Å². The van der Waals surface area contributed by atoms with Crippen LogP contribution in [0.5, 0.6) is 0 Å². The number of anilines is 2. The third-order valence-corrected chi connectivity index (χ3v) is 4.75. The predicted octanol–water partition coefficient (Wildman–Crippen LogP) is 0.605. The smallest absolute Gasteiger partial charge is 0.423 e. The van der Waals surface area contributed by atoms with Crippen molar-refractivity contribution in [1.82, 2.24) is 0 Å². The van der Waals surface area contributed by atoms with Gasteiger partial charge in [0, 0.05) is 39.3 Å². The van der Waals surface area contributed by atoms with Crippen molar-refractivity contribution >= 4 is 59.3 Å². The highest BCUT2D eigenvalue weighted by Crippen LogP contribution is 2.17. The first-order chi connectivity index (χ1) is 14.6. The summed E-state index contributed by atoms with van der Waals surface area (Å²) in [4.78, 5) is 21.9. The maximum absolute atomic E-state index is 11.2. The zero-order chi connectivity index (χ0) is 23.1. The molecule has 0 bridgehead atoms. The summed E-state index contributed by atoms with van der Waals surface area (Å²) in [5, 5.41) is 21.5. The van der Waals surface area contributed by atoms with Crippen LogP contribution < -0.4 is 21.1 Å². The number of amides is 1. The van der Waals surface area contributed by atoms with E-state index in [1.54, 1.807) is 13.1 Å². The summed E-state index contributed by atoms with van der Waals surface area (Å²) in [5.41, 5.74) is 5.44. The van der Waals surface area contributed by atoms with E-state index in [4.69, 9.17) is 9.31 Å². The molecule has 0 saturated carbocycles. The van der Waals surface area contributed by atoms with Crippen LogP contribution in [0.25, 0.3) is 0 Å². The molecule has 164 valence electrons. The van der Waals surface area contributed by atoms with Crippen LogP contribution in [0.1, 0.15) is 25.0 Å². The number of carbonyl (C=O) groups is 2. The maximum Gasteiger partial charge on any atom is 0.491 e. The van der Waals surface area contributed by atoms with E-state index >= 15 is 0 Å². The lowest BCUT2D eigenvalue weighted by Gasteiger charge is -2.15. The Morgan fingerprint density at radius 3 is 1.97 bits per heavy atom. The Hall–Kier alpha value is -2.36. The average molecular weight is 447 g/mol. The average Bonchev–Trinajstić information content (AvgIpc) is 3.29. The van der Waals surface area contributed by atoms with Crippen LogP contribution >= 0.6 is 11.6 Å². The molecule has 2 aliphatic rings. The van der Waals surface area contributed by atoms with Crippen LogP contribution in [-0.4, -0.2) is 49.5 Å². The van der Waals surface area contributed by atoms with Crippen LogP contribution in [-0.2, 0) is 32.1 Å². The van der Waals surface area contributed by atoms with Gasteiger partial charge in [-0.15, -0.1) is 0 Å². The van der Waals surface area contributed by atoms with E-state index in [-0.39, 0.29) is 11.1 Å². The van der Waals surface area contributed by atoms with Gasteiger partial charge in [0.15, 0.2) is 0 Å². The minimum absolute atomic E-state index is 0.0386. The highest BCUT2D eigenvalue weighted by molar-refractivity contribution is 6.63. The van der Waals surface area contributed by atoms with Gasteiger partial charge in [-0.3, -0.25) is 9.59 Å². The van der Waals surface area contributed by atoms with Crippen LogP contribution in [0.3, 0.4) is 0 Å². The Bertz CT molecular complexity index is 942. The molecule has 2 heterocycles. The first-order valence-electron chi connectivity index (χ1n) is 9.57. The summed E-state index contributed by atoms with van der Waals surface area (Å²) >= 11 is 4.64. The first-order valence-corrected chi connectivity index (χ1v) is 9.95. The van der Waals surface area contributed by atoms with E-state index in [9.17, 15) is 19.6 Å². The summed E-state index contributed by atoms with van der Waals surface area (Å²) < 4.78 is 10.1. The van der Waals surface area contributed by atoms with Crippen molar-refractivity contribution in [3.8, 4) is 0 Å². The predicted molar refractivity (Wildman–Crippen MR) is 123 cm³/mol. The van der Waals surface area contributed by atoms with Gasteiger partial charge in [0.1, 0.15) is 0 Å². The number of halogens is 1. The lowest BCUT2D eigenvalue weighted by atomic mass is 9.79. The van der Waals surface area contributed by atoms with Gasteiger partial charge in [0.25, 0.3) is 0 Å². The molecule has 0 aromatic heterocycles. The Morgan fingerprint density at radius 1 is 1.00 bits per heavy atom. The summed E-state index contributed by atoms with van der Waals surface area (Å²) in [6, 6.07) is 11.4. The molecule has 0 spiro atoms. The van der Waals surface area contributed by atoms with Crippen LogP contribution in [0.15, 0.2) is 36.4 Å². The number of fused-ring (bicyclic) bond motifs is 2. The van der Waals surface area contributed by atoms with Crippen molar-refractivity contribution in [2.24, 2.45) is 0 Å². The minimum Gasteiger partial charge on any atom is -0.423 e. The Kier molecular flexibility index (Phi) is 9.09. The fourth-order valence-electron chi connectivity index (χ4n) is 2.96. The zero-order valence-corrected chi connectivity index (χ0v) is 18.6. The first kappa shape index (κ1) is 24.9. The number of nitrogens with one attached hydrogen (secondary N) is 1. The van der Waals surface area contributed by atoms with Gasteiger partial charge in [-0.25, -0.2) is 0 Å². The molecule has 0 atom stereocenters. The van der Waals surface area contributed by atoms with E-state index in [0.29, 0.717) is 13.2 Å². The topological polar surface area (TPSA) is 108 Å². The number of rotatable bonds is 2. The molecule has 2 aromatic rings. The lowest BCUT2D eigenvalue weighted by molar-refractivity contribution is -0.116. The third kappa shape index (κ3) is 6.81. The van der Waals surface area contributed by atoms with Gasteiger partial charge in [0.05, 0.1) is 13.2 Å². The van der Waals surface area contributed by atoms with Gasteiger partial charge in [-0.05, 0) is 57.9 Å². The molecular weight excluding hydrogens is 421 g/mol. The van der Waals surface area contributed by atoms with E-state index in [2.05, 4.69) is 16.9 Å². The van der Waals surface area contributed by atoms with Crippen molar-refractivity contribution in [2.45, 2.75) is 27.1 Å². The number of carbonyl (C=O) groups excluding carboxylic acids is 2. The highest BCUT2D eigenvalue weighted by atomic mass is 35.5. The van der Waals surface area contributed by atoms with Crippen molar-refractivity contribution in [1.29, 1.82) is 0 Å². The summed E-state index contributed by atoms with van der Waals surface area (Å²) in [7, 11) is 1.95. The van der Waals surface area contributed by atoms with E-state index < -0.39 is 14.2 Å². The lowest BCUT2D eigenvalue weighted by Crippen LogP contribution is -2.30. The standard InChI is InChI=1S/C10H12BNO3.C8H10BNO2.C2H3ClO/c1-7(13)12(2)9-4-3-8-6-15-11(14)10(8)5-9;1-10-7-3-2-6-5-12-9(11)8(6)4-7;1-2(3)4/h3-5,14H,6H2,1-2H3;2-4,10-11H,5H2,1H3;1H3. The molecule has 0 saturated heterocycles. The van der Waals surface area contributed by atoms with E-state index in [1.807, 2.05) is 37.4 Å². The summed E-state index contributed by atoms with van der Waals surface area (Å²) in [5.74, 6) is -0.0386. The molecule has 0 fully saturated rings. The third-order valence-electron chi connectivity index (χ3n) is 4.75. The number of hydrogen-bond donors (Lipinski definition) is 3. The largest absolute Gasteiger partial charge is 0.491 e. The van der Waals surface area contributed by atoms with E-state index in [0.717, 1.165) is 33.4 Å². The van der Waals surface area contributed by atoms with Crippen molar-refractivity contribution in [3.63, 3.8) is 0 Å². The van der Waals surface area contributed by atoms with Crippen molar-refractivity contribution in [2.75, 3.05) is 24.3 Å². The van der Waals surface area contributed by atoms with Gasteiger partial charge >= 0.3 is 14.2 Å². The molecule has 0 radical (unpaired) electrons. The molecule has 4 rings (SSSR count). The molecule has 2 aromatic carbocycles. The molecule has 8 nitrogen and oxygen atoms in total. The van der Waals surface area contributed by atoms with Crippen LogP contribution in [0, 0.1) is 0 Å². The van der Waals surface area contributed by atoms with Crippen molar-refractivity contribution in [3.05, 3.63) is 47.5 Å². The van der Waals surface area contributed by atoms with Crippen molar-refractivity contribution < 1.29 is 28.9 Å². The zero-order valence-electron chi connectivity index (χ0n) is 17.9. The summed E-state index contributed by atoms with van der Waals surface area (Å²) in [6.07, 6.45) is 0. The molecule has 1 amide bonds. The Morgan fingerprint density at radius 2 is 1.48 bits per heavy atom. The van der Waals surface area contributed by atoms with Crippen LogP contribution in [0.4, 0.5) is 11.4 Å². The molecule has 2 aliphatic heterocycles. The molecule has 0 unspecified atom stereocenters.